The van der Waals surface area contributed by atoms with Crippen LogP contribution in [0.4, 0.5) is 11.4 Å². The van der Waals surface area contributed by atoms with Gasteiger partial charge in [-0.3, -0.25) is 19.3 Å². The van der Waals surface area contributed by atoms with Crippen molar-refractivity contribution < 1.29 is 14.4 Å². The molecule has 0 aromatic heterocycles. The second-order valence-corrected chi connectivity index (χ2v) is 8.88. The Labute approximate surface area is 199 Å². The highest BCUT2D eigenvalue weighted by Gasteiger charge is 2.42. The average Bonchev–Trinajstić information content (AvgIpc) is 3.05. The number of halogens is 1. The molecular formula is C26H28ClN3O3. The fourth-order valence-electron chi connectivity index (χ4n) is 4.53. The molecule has 0 spiro atoms. The van der Waals surface area contributed by atoms with E-state index in [-0.39, 0.29) is 22.7 Å². The molecule has 1 N–H and O–H groups in total. The number of hydrogen-bond acceptors (Lipinski definition) is 4. The molecule has 1 heterocycles. The number of imide groups is 1. The Morgan fingerprint density at radius 2 is 1.76 bits per heavy atom. The number of anilines is 2. The van der Waals surface area contributed by atoms with Gasteiger partial charge in [0.05, 0.1) is 0 Å². The van der Waals surface area contributed by atoms with Crippen LogP contribution in [0.1, 0.15) is 54.9 Å². The predicted molar refractivity (Wildman–Crippen MR) is 130 cm³/mol. The van der Waals surface area contributed by atoms with E-state index in [4.69, 9.17) is 11.6 Å². The first-order chi connectivity index (χ1) is 15.9. The molecule has 4 rings (SSSR count). The van der Waals surface area contributed by atoms with Gasteiger partial charge in [-0.25, -0.2) is 0 Å². The van der Waals surface area contributed by atoms with Gasteiger partial charge < -0.3 is 10.2 Å². The Balaban J connectivity index is 1.59. The van der Waals surface area contributed by atoms with Gasteiger partial charge in [0.25, 0.3) is 17.7 Å². The van der Waals surface area contributed by atoms with Crippen LogP contribution in [0, 0.1) is 6.92 Å². The predicted octanol–water partition coefficient (Wildman–Crippen LogP) is 5.23. The summed E-state index contributed by atoms with van der Waals surface area (Å²) in [4.78, 5) is 42.1. The maximum atomic E-state index is 13.2. The Morgan fingerprint density at radius 1 is 1.06 bits per heavy atom. The van der Waals surface area contributed by atoms with Crippen molar-refractivity contribution in [2.75, 3.05) is 16.8 Å². The van der Waals surface area contributed by atoms with Gasteiger partial charge in [-0.15, -0.1) is 0 Å². The number of para-hydroxylation sites is 1. The molecule has 0 bridgehead atoms. The fraction of sp³-hybridized carbons (Fsp3) is 0.346. The molecule has 1 aliphatic heterocycles. The second-order valence-electron chi connectivity index (χ2n) is 8.50. The zero-order valence-electron chi connectivity index (χ0n) is 18.9. The van der Waals surface area contributed by atoms with Gasteiger partial charge in [-0.05, 0) is 56.5 Å². The lowest BCUT2D eigenvalue weighted by molar-refractivity contribution is -0.140. The van der Waals surface area contributed by atoms with E-state index in [0.29, 0.717) is 17.8 Å². The molecule has 1 aliphatic carbocycles. The molecule has 2 aromatic carbocycles. The number of nitrogens with one attached hydrogen (secondary N) is 1. The number of carbonyl (C=O) groups excluding carboxylic acids is 3. The SMILES string of the molecule is CCN(C(=O)c1ccc(C)c(NC2=C(Cl)C(=O)N(C3CCCCC3)C2=O)c1)c1ccccc1. The second kappa shape index (κ2) is 9.79. The van der Waals surface area contributed by atoms with Crippen molar-refractivity contribution in [1.29, 1.82) is 0 Å². The van der Waals surface area contributed by atoms with Crippen LogP contribution in [-0.4, -0.2) is 35.2 Å². The number of carbonyl (C=O) groups is 3. The van der Waals surface area contributed by atoms with Crippen LogP contribution in [-0.2, 0) is 9.59 Å². The molecule has 0 atom stereocenters. The molecule has 7 heteroatoms. The normalized spacial score (nSPS) is 17.0. The number of benzene rings is 2. The Hall–Kier alpha value is -3.12. The first-order valence-electron chi connectivity index (χ1n) is 11.4. The van der Waals surface area contributed by atoms with E-state index >= 15 is 0 Å². The zero-order chi connectivity index (χ0) is 23.5. The summed E-state index contributed by atoms with van der Waals surface area (Å²) in [7, 11) is 0. The van der Waals surface area contributed by atoms with E-state index in [1.807, 2.05) is 50.2 Å². The van der Waals surface area contributed by atoms with Crippen LogP contribution >= 0.6 is 11.6 Å². The van der Waals surface area contributed by atoms with E-state index in [0.717, 1.165) is 43.4 Å². The minimum absolute atomic E-state index is 0.0790. The van der Waals surface area contributed by atoms with Crippen molar-refractivity contribution in [2.24, 2.45) is 0 Å². The lowest BCUT2D eigenvalue weighted by Gasteiger charge is -2.29. The first-order valence-corrected chi connectivity index (χ1v) is 11.8. The van der Waals surface area contributed by atoms with Crippen LogP contribution in [0.15, 0.2) is 59.3 Å². The summed E-state index contributed by atoms with van der Waals surface area (Å²) < 4.78 is 0. The zero-order valence-corrected chi connectivity index (χ0v) is 19.7. The molecule has 172 valence electrons. The maximum Gasteiger partial charge on any atom is 0.279 e. The number of nitrogens with zero attached hydrogens (tertiary/aromatic N) is 2. The highest BCUT2D eigenvalue weighted by Crippen LogP contribution is 2.33. The molecule has 0 saturated heterocycles. The Kier molecular flexibility index (Phi) is 6.84. The topological polar surface area (TPSA) is 69.7 Å². The maximum absolute atomic E-state index is 13.2. The lowest BCUT2D eigenvalue weighted by atomic mass is 9.94. The molecular weight excluding hydrogens is 438 g/mol. The highest BCUT2D eigenvalue weighted by atomic mass is 35.5. The largest absolute Gasteiger partial charge is 0.349 e. The first kappa shape index (κ1) is 23.1. The minimum Gasteiger partial charge on any atom is -0.349 e. The van der Waals surface area contributed by atoms with Gasteiger partial charge in [0.15, 0.2) is 0 Å². The minimum atomic E-state index is -0.442. The smallest absolute Gasteiger partial charge is 0.279 e. The van der Waals surface area contributed by atoms with Crippen molar-refractivity contribution in [3.63, 3.8) is 0 Å². The molecule has 2 aliphatic rings. The quantitative estimate of drug-likeness (QED) is 0.593. The standard InChI is InChI=1S/C26H28ClN3O3/c1-3-29(19-10-6-4-7-11-19)24(31)18-15-14-17(2)21(16-18)28-23-22(27)25(32)30(26(23)33)20-12-8-5-9-13-20/h4,6-7,10-11,14-16,20,28H,3,5,8-9,12-13H2,1-2H3. The van der Waals surface area contributed by atoms with Gasteiger partial charge in [0.1, 0.15) is 10.7 Å². The summed E-state index contributed by atoms with van der Waals surface area (Å²) in [5.41, 5.74) is 2.78. The molecule has 33 heavy (non-hydrogen) atoms. The van der Waals surface area contributed by atoms with E-state index in [1.54, 1.807) is 17.0 Å². The fourth-order valence-corrected chi connectivity index (χ4v) is 4.75. The van der Waals surface area contributed by atoms with E-state index in [9.17, 15) is 14.4 Å². The van der Waals surface area contributed by atoms with Crippen LogP contribution in [0.5, 0.6) is 0 Å². The van der Waals surface area contributed by atoms with Crippen molar-refractivity contribution in [3.8, 4) is 0 Å². The highest BCUT2D eigenvalue weighted by molar-refractivity contribution is 6.48. The number of aryl methyl sites for hydroxylation is 1. The van der Waals surface area contributed by atoms with Gasteiger partial charge in [-0.2, -0.15) is 0 Å². The third-order valence-corrected chi connectivity index (χ3v) is 6.72. The summed E-state index contributed by atoms with van der Waals surface area (Å²) in [6.07, 6.45) is 4.74. The van der Waals surface area contributed by atoms with Crippen LogP contribution in [0.2, 0.25) is 0 Å². The van der Waals surface area contributed by atoms with Crippen molar-refractivity contribution >= 4 is 40.7 Å². The van der Waals surface area contributed by atoms with Crippen molar-refractivity contribution in [3.05, 3.63) is 70.4 Å². The van der Waals surface area contributed by atoms with Crippen LogP contribution in [0.25, 0.3) is 0 Å². The Bertz CT molecular complexity index is 1110. The molecule has 1 fully saturated rings. The van der Waals surface area contributed by atoms with E-state index in [2.05, 4.69) is 5.32 Å². The molecule has 6 nitrogen and oxygen atoms in total. The molecule has 0 radical (unpaired) electrons. The van der Waals surface area contributed by atoms with Gasteiger partial charge in [-0.1, -0.05) is 55.1 Å². The monoisotopic (exact) mass is 465 g/mol. The summed E-state index contributed by atoms with van der Waals surface area (Å²) in [5, 5.41) is 2.97. The van der Waals surface area contributed by atoms with Crippen LogP contribution in [0.3, 0.4) is 0 Å². The summed E-state index contributed by atoms with van der Waals surface area (Å²) in [6.45, 7) is 4.31. The number of hydrogen-bond donors (Lipinski definition) is 1. The number of rotatable bonds is 6. The summed E-state index contributed by atoms with van der Waals surface area (Å²) in [5.74, 6) is -0.987. The third kappa shape index (κ3) is 4.53. The van der Waals surface area contributed by atoms with Crippen molar-refractivity contribution in [1.82, 2.24) is 4.90 Å². The van der Waals surface area contributed by atoms with Gasteiger partial charge >= 0.3 is 0 Å². The molecule has 3 amide bonds. The molecule has 0 unspecified atom stereocenters. The van der Waals surface area contributed by atoms with Gasteiger partial charge in [0, 0.05) is 29.5 Å². The van der Waals surface area contributed by atoms with E-state index in [1.165, 1.54) is 4.90 Å². The average molecular weight is 466 g/mol. The summed E-state index contributed by atoms with van der Waals surface area (Å²) in [6, 6.07) is 14.7. The lowest BCUT2D eigenvalue weighted by Crippen LogP contribution is -2.42. The summed E-state index contributed by atoms with van der Waals surface area (Å²) >= 11 is 6.32. The van der Waals surface area contributed by atoms with E-state index < -0.39 is 11.8 Å². The molecule has 1 saturated carbocycles. The Morgan fingerprint density at radius 3 is 2.42 bits per heavy atom. The van der Waals surface area contributed by atoms with Gasteiger partial charge in [0.2, 0.25) is 0 Å². The van der Waals surface area contributed by atoms with Crippen molar-refractivity contribution in [2.45, 2.75) is 52.0 Å². The third-order valence-electron chi connectivity index (χ3n) is 6.37. The number of amides is 3. The van der Waals surface area contributed by atoms with Crippen LogP contribution < -0.4 is 10.2 Å². The molecule has 2 aromatic rings.